The lowest BCUT2D eigenvalue weighted by Crippen LogP contribution is -2.20. The van der Waals surface area contributed by atoms with Crippen molar-refractivity contribution < 1.29 is 17.9 Å². The summed E-state index contributed by atoms with van der Waals surface area (Å²) in [6.07, 6.45) is 0. The van der Waals surface area contributed by atoms with Crippen molar-refractivity contribution in [2.45, 2.75) is 20.1 Å². The van der Waals surface area contributed by atoms with Gasteiger partial charge in [-0.15, -0.1) is 0 Å². The maximum atomic E-state index is 14.2. The Morgan fingerprint density at radius 1 is 1.21 bits per heavy atom. The molecule has 1 heterocycles. The lowest BCUT2D eigenvalue weighted by Gasteiger charge is -2.14. The number of benzene rings is 2. The highest BCUT2D eigenvalue weighted by Crippen LogP contribution is 2.25. The van der Waals surface area contributed by atoms with Gasteiger partial charge < -0.3 is 4.74 Å². The third kappa shape index (κ3) is 2.77. The lowest BCUT2D eigenvalue weighted by molar-refractivity contribution is -0.0505. The summed E-state index contributed by atoms with van der Waals surface area (Å²) in [7, 11) is 1.51. The molecule has 0 amide bonds. The monoisotopic (exact) mass is 336 g/mol. The molecule has 0 fully saturated rings. The summed E-state index contributed by atoms with van der Waals surface area (Å²) in [6, 6.07) is 9.01. The molecule has 126 valence electrons. The molecule has 1 aromatic heterocycles. The van der Waals surface area contributed by atoms with Gasteiger partial charge >= 0.3 is 6.61 Å². The van der Waals surface area contributed by atoms with E-state index in [4.69, 9.17) is 0 Å². The molecule has 0 spiro atoms. The second kappa shape index (κ2) is 6.07. The molecule has 0 atom stereocenters. The summed E-state index contributed by atoms with van der Waals surface area (Å²) in [5.74, 6) is -0.546. The van der Waals surface area contributed by atoms with Gasteiger partial charge in [0.25, 0.3) is 5.56 Å². The van der Waals surface area contributed by atoms with E-state index in [0.717, 1.165) is 5.56 Å². The summed E-state index contributed by atoms with van der Waals surface area (Å²) < 4.78 is 46.6. The van der Waals surface area contributed by atoms with Crippen molar-refractivity contribution in [3.05, 3.63) is 63.7 Å². The van der Waals surface area contributed by atoms with Gasteiger partial charge in [0, 0.05) is 12.6 Å². The lowest BCUT2D eigenvalue weighted by atomic mass is 10.1. The highest BCUT2D eigenvalue weighted by Gasteiger charge is 2.17. The van der Waals surface area contributed by atoms with Crippen LogP contribution in [0, 0.1) is 12.7 Å². The number of rotatable bonds is 4. The number of hydrogen-bond donors (Lipinski definition) is 0. The quantitative estimate of drug-likeness (QED) is 0.732. The second-order valence-electron chi connectivity index (χ2n) is 5.51. The fourth-order valence-corrected chi connectivity index (χ4v) is 2.77. The number of ether oxygens (including phenoxy) is 1. The SMILES string of the molecule is Cc1ccc(OC(F)F)c(Cn2c3c(F)cccc3c(=O)n2C)c1. The summed E-state index contributed by atoms with van der Waals surface area (Å²) in [4.78, 5) is 12.2. The maximum Gasteiger partial charge on any atom is 0.387 e. The van der Waals surface area contributed by atoms with E-state index >= 15 is 0 Å². The van der Waals surface area contributed by atoms with Crippen molar-refractivity contribution in [2.24, 2.45) is 7.05 Å². The molecule has 0 aliphatic carbocycles. The van der Waals surface area contributed by atoms with Gasteiger partial charge in [0.15, 0.2) is 0 Å². The van der Waals surface area contributed by atoms with E-state index in [9.17, 15) is 18.0 Å². The van der Waals surface area contributed by atoms with Crippen LogP contribution in [0.15, 0.2) is 41.2 Å². The van der Waals surface area contributed by atoms with Crippen molar-refractivity contribution in [2.75, 3.05) is 0 Å². The zero-order valence-corrected chi connectivity index (χ0v) is 13.1. The molecule has 7 heteroatoms. The van der Waals surface area contributed by atoms with Crippen molar-refractivity contribution >= 4 is 10.9 Å². The van der Waals surface area contributed by atoms with Crippen LogP contribution in [-0.4, -0.2) is 16.0 Å². The predicted octanol–water partition coefficient (Wildman–Crippen LogP) is 3.44. The Kier molecular flexibility index (Phi) is 4.09. The molecule has 3 rings (SSSR count). The van der Waals surface area contributed by atoms with E-state index in [1.165, 1.54) is 40.7 Å². The Morgan fingerprint density at radius 2 is 1.96 bits per heavy atom. The fraction of sp³-hybridized carbons (Fsp3) is 0.235. The standard InChI is InChI=1S/C17H15F3N2O2/c1-10-6-7-14(24-17(19)20)11(8-10)9-22-15-12(16(23)21(22)2)4-3-5-13(15)18/h3-8,17H,9H2,1-2H3. The van der Waals surface area contributed by atoms with Gasteiger partial charge in [-0.2, -0.15) is 8.78 Å². The number of nitrogens with zero attached hydrogens (tertiary/aromatic N) is 2. The third-order valence-corrected chi connectivity index (χ3v) is 3.88. The number of fused-ring (bicyclic) bond motifs is 1. The molecule has 0 saturated carbocycles. The zero-order chi connectivity index (χ0) is 17.4. The molecule has 0 bridgehead atoms. The van der Waals surface area contributed by atoms with E-state index in [-0.39, 0.29) is 28.8 Å². The van der Waals surface area contributed by atoms with Crippen LogP contribution in [0.4, 0.5) is 13.2 Å². The molecular formula is C17H15F3N2O2. The number of aryl methyl sites for hydroxylation is 1. The summed E-state index contributed by atoms with van der Waals surface area (Å²) in [5.41, 5.74) is 1.06. The number of alkyl halides is 2. The van der Waals surface area contributed by atoms with Crippen LogP contribution in [0.1, 0.15) is 11.1 Å². The van der Waals surface area contributed by atoms with Gasteiger partial charge in [0.1, 0.15) is 17.1 Å². The molecule has 0 aliphatic rings. The Hall–Kier alpha value is -2.70. The van der Waals surface area contributed by atoms with Crippen molar-refractivity contribution in [1.29, 1.82) is 0 Å². The van der Waals surface area contributed by atoms with Gasteiger partial charge in [0.2, 0.25) is 0 Å². The van der Waals surface area contributed by atoms with Crippen molar-refractivity contribution in [3.63, 3.8) is 0 Å². The first-order chi connectivity index (χ1) is 11.4. The molecule has 0 radical (unpaired) electrons. The van der Waals surface area contributed by atoms with Crippen LogP contribution < -0.4 is 10.3 Å². The molecular weight excluding hydrogens is 321 g/mol. The minimum absolute atomic E-state index is 0.00115. The topological polar surface area (TPSA) is 36.2 Å². The molecule has 3 aromatic rings. The molecule has 0 saturated heterocycles. The van der Waals surface area contributed by atoms with E-state index in [1.807, 2.05) is 6.92 Å². The second-order valence-corrected chi connectivity index (χ2v) is 5.51. The first-order valence-electron chi connectivity index (χ1n) is 7.27. The average Bonchev–Trinajstić information content (AvgIpc) is 2.76. The highest BCUT2D eigenvalue weighted by molar-refractivity contribution is 5.79. The summed E-state index contributed by atoms with van der Waals surface area (Å²) in [6.45, 7) is -1.13. The van der Waals surface area contributed by atoms with Gasteiger partial charge in [-0.1, -0.05) is 23.8 Å². The number of aromatic nitrogens is 2. The number of halogens is 3. The van der Waals surface area contributed by atoms with Crippen LogP contribution in [0.2, 0.25) is 0 Å². The molecule has 4 nitrogen and oxygen atoms in total. The van der Waals surface area contributed by atoms with Crippen LogP contribution >= 0.6 is 0 Å². The van der Waals surface area contributed by atoms with Crippen LogP contribution in [0.25, 0.3) is 10.9 Å². The number of hydrogen-bond acceptors (Lipinski definition) is 2. The molecule has 0 unspecified atom stereocenters. The minimum Gasteiger partial charge on any atom is -0.434 e. The largest absolute Gasteiger partial charge is 0.434 e. The highest BCUT2D eigenvalue weighted by atomic mass is 19.3. The first-order valence-corrected chi connectivity index (χ1v) is 7.27. The van der Waals surface area contributed by atoms with E-state index in [2.05, 4.69) is 4.74 Å². The van der Waals surface area contributed by atoms with E-state index in [1.54, 1.807) is 12.1 Å². The Morgan fingerprint density at radius 3 is 2.67 bits per heavy atom. The van der Waals surface area contributed by atoms with E-state index < -0.39 is 12.4 Å². The normalized spacial score (nSPS) is 11.4. The maximum absolute atomic E-state index is 14.2. The number of para-hydroxylation sites is 1. The molecule has 2 aromatic carbocycles. The van der Waals surface area contributed by atoms with E-state index in [0.29, 0.717) is 5.56 Å². The Balaban J connectivity index is 2.16. The van der Waals surface area contributed by atoms with Gasteiger partial charge in [-0.3, -0.25) is 14.2 Å². The van der Waals surface area contributed by atoms with Gasteiger partial charge in [-0.25, -0.2) is 4.39 Å². The average molecular weight is 336 g/mol. The summed E-state index contributed by atoms with van der Waals surface area (Å²) >= 11 is 0. The Labute approximate surface area is 135 Å². The van der Waals surface area contributed by atoms with Crippen LogP contribution in [0.3, 0.4) is 0 Å². The van der Waals surface area contributed by atoms with Crippen LogP contribution in [0.5, 0.6) is 5.75 Å². The Bertz CT molecular complexity index is 960. The summed E-state index contributed by atoms with van der Waals surface area (Å²) in [5, 5.41) is 0.237. The van der Waals surface area contributed by atoms with Gasteiger partial charge in [-0.05, 0) is 25.1 Å². The predicted molar refractivity (Wildman–Crippen MR) is 84.1 cm³/mol. The molecule has 24 heavy (non-hydrogen) atoms. The molecule has 0 N–H and O–H groups in total. The minimum atomic E-state index is -2.96. The first kappa shape index (κ1) is 16.2. The third-order valence-electron chi connectivity index (χ3n) is 3.88. The van der Waals surface area contributed by atoms with Crippen molar-refractivity contribution in [1.82, 2.24) is 9.36 Å². The molecule has 0 aliphatic heterocycles. The van der Waals surface area contributed by atoms with Crippen LogP contribution in [-0.2, 0) is 13.6 Å². The van der Waals surface area contributed by atoms with Gasteiger partial charge in [0.05, 0.1) is 11.9 Å². The smallest absolute Gasteiger partial charge is 0.387 e. The zero-order valence-electron chi connectivity index (χ0n) is 13.1. The fourth-order valence-electron chi connectivity index (χ4n) is 2.77. The van der Waals surface area contributed by atoms with Crippen molar-refractivity contribution in [3.8, 4) is 5.75 Å².